The number of sulfonamides is 1. The van der Waals surface area contributed by atoms with Crippen molar-refractivity contribution in [2.45, 2.75) is 101 Å². The number of rotatable bonds is 9. The molecule has 2 aromatic carbocycles. The second-order valence-electron chi connectivity index (χ2n) is 12.8. The van der Waals surface area contributed by atoms with Crippen molar-refractivity contribution in [3.63, 3.8) is 0 Å². The highest BCUT2D eigenvalue weighted by Gasteiger charge is 2.58. The molecule has 2 N–H and O–H groups in total. The van der Waals surface area contributed by atoms with Crippen molar-refractivity contribution in [3.05, 3.63) is 64.7 Å². The van der Waals surface area contributed by atoms with E-state index in [1.807, 2.05) is 0 Å². The molecule has 1 amide bonds. The van der Waals surface area contributed by atoms with Gasteiger partial charge in [0.15, 0.2) is 0 Å². The molecule has 0 radical (unpaired) electrons. The Kier molecular flexibility index (Phi) is 9.93. The quantitative estimate of drug-likeness (QED) is 0.307. The van der Waals surface area contributed by atoms with Gasteiger partial charge in [0.2, 0.25) is 15.9 Å². The average molecular weight is 630 g/mol. The molecule has 2 atom stereocenters. The normalized spacial score (nSPS) is 20.5. The number of nitrogens with zero attached hydrogens (tertiary/aromatic N) is 1. The van der Waals surface area contributed by atoms with Crippen molar-refractivity contribution in [2.24, 2.45) is 5.41 Å². The molecule has 0 aromatic heterocycles. The summed E-state index contributed by atoms with van der Waals surface area (Å²) in [6, 6.07) is 7.94. The fraction of sp³-hybridized carbons (Fsp3) is 0.581. The van der Waals surface area contributed by atoms with Gasteiger partial charge in [0.25, 0.3) is 0 Å². The van der Waals surface area contributed by atoms with Gasteiger partial charge < -0.3 is 10.6 Å². The number of hydrogen-bond acceptors (Lipinski definition) is 4. The number of nitrogens with one attached hydrogen (secondary N) is 2. The number of carbonyl (C=O) groups excluding carboxylic acids is 1. The second kappa shape index (κ2) is 12.8. The summed E-state index contributed by atoms with van der Waals surface area (Å²) in [7, 11) is -4.24. The van der Waals surface area contributed by atoms with Crippen molar-refractivity contribution in [1.82, 2.24) is 14.9 Å². The van der Waals surface area contributed by atoms with E-state index < -0.39 is 38.6 Å². The highest BCUT2D eigenvalue weighted by Crippen LogP contribution is 2.44. The predicted octanol–water partition coefficient (Wildman–Crippen LogP) is 6.60. The van der Waals surface area contributed by atoms with Crippen molar-refractivity contribution in [2.75, 3.05) is 13.1 Å². The molecule has 0 spiro atoms. The molecule has 12 heteroatoms. The second-order valence-corrected chi connectivity index (χ2v) is 14.7. The van der Waals surface area contributed by atoms with Crippen LogP contribution < -0.4 is 10.6 Å². The minimum atomic E-state index is -5.80. The van der Waals surface area contributed by atoms with E-state index in [1.165, 1.54) is 15.4 Å². The van der Waals surface area contributed by atoms with Crippen LogP contribution in [-0.4, -0.2) is 43.9 Å². The fourth-order valence-electron chi connectivity index (χ4n) is 5.81. The first-order valence-corrected chi connectivity index (χ1v) is 16.1. The number of carbonyl (C=O) groups is 1. The largest absolute Gasteiger partial charge is 0.458 e. The lowest BCUT2D eigenvalue weighted by Crippen LogP contribution is -2.46. The molecule has 1 fully saturated rings. The van der Waals surface area contributed by atoms with Gasteiger partial charge in [0.05, 0.1) is 10.9 Å². The summed E-state index contributed by atoms with van der Waals surface area (Å²) in [5.74, 6) is -5.40. The third kappa shape index (κ3) is 7.94. The molecule has 2 aliphatic rings. The molecule has 6 nitrogen and oxygen atoms in total. The summed E-state index contributed by atoms with van der Waals surface area (Å²) in [5, 5.41) is 6.57. The van der Waals surface area contributed by atoms with Gasteiger partial charge in [-0.15, -0.1) is 0 Å². The zero-order valence-electron chi connectivity index (χ0n) is 24.7. The van der Waals surface area contributed by atoms with Crippen LogP contribution in [0.1, 0.15) is 87.6 Å². The SMILES string of the molecule is CC(C)(C)CNCc1ccc2c(c1)CCC[C@H]2NC(=O)C[C@@H]1CCCCN1S(=O)(=O)c1ccc(C(F)(F)C(F)(F)F)cc1. The van der Waals surface area contributed by atoms with Gasteiger partial charge in [-0.3, -0.25) is 4.79 Å². The Morgan fingerprint density at radius 2 is 1.65 bits per heavy atom. The van der Waals surface area contributed by atoms with E-state index >= 15 is 0 Å². The zero-order valence-corrected chi connectivity index (χ0v) is 25.6. The van der Waals surface area contributed by atoms with E-state index in [2.05, 4.69) is 49.6 Å². The maximum atomic E-state index is 13.7. The lowest BCUT2D eigenvalue weighted by molar-refractivity contribution is -0.289. The smallest absolute Gasteiger partial charge is 0.349 e. The van der Waals surface area contributed by atoms with Crippen LogP contribution in [0, 0.1) is 5.41 Å². The number of hydrogen-bond donors (Lipinski definition) is 2. The molecule has 43 heavy (non-hydrogen) atoms. The Hall–Kier alpha value is -2.57. The van der Waals surface area contributed by atoms with Crippen molar-refractivity contribution in [3.8, 4) is 0 Å². The first kappa shape index (κ1) is 33.3. The Balaban J connectivity index is 1.43. The molecule has 0 unspecified atom stereocenters. The summed E-state index contributed by atoms with van der Waals surface area (Å²) in [4.78, 5) is 12.8. The average Bonchev–Trinajstić information content (AvgIpc) is 2.92. The topological polar surface area (TPSA) is 78.5 Å². The van der Waals surface area contributed by atoms with Crippen molar-refractivity contribution >= 4 is 15.9 Å². The van der Waals surface area contributed by atoms with Gasteiger partial charge in [-0.2, -0.15) is 26.3 Å². The van der Waals surface area contributed by atoms with Crippen molar-refractivity contribution < 1.29 is 35.2 Å². The highest BCUT2D eigenvalue weighted by atomic mass is 32.2. The van der Waals surface area contributed by atoms with Crippen LogP contribution in [0.15, 0.2) is 47.4 Å². The molecule has 1 aliphatic carbocycles. The van der Waals surface area contributed by atoms with Crippen LogP contribution in [0.25, 0.3) is 0 Å². The van der Waals surface area contributed by atoms with Gasteiger partial charge in [0.1, 0.15) is 0 Å². The first-order chi connectivity index (χ1) is 20.0. The van der Waals surface area contributed by atoms with Gasteiger partial charge in [-0.05, 0) is 66.3 Å². The van der Waals surface area contributed by atoms with E-state index in [-0.39, 0.29) is 30.3 Å². The third-order valence-electron chi connectivity index (χ3n) is 8.02. The molecule has 0 saturated carbocycles. The van der Waals surface area contributed by atoms with Crippen LogP contribution in [0.4, 0.5) is 22.0 Å². The number of alkyl halides is 5. The number of amides is 1. The zero-order chi connectivity index (χ0) is 31.6. The lowest BCUT2D eigenvalue weighted by atomic mass is 9.86. The van der Waals surface area contributed by atoms with Crippen LogP contribution in [0.5, 0.6) is 0 Å². The number of fused-ring (bicyclic) bond motifs is 1. The van der Waals surface area contributed by atoms with E-state index in [4.69, 9.17) is 0 Å². The maximum absolute atomic E-state index is 13.7. The predicted molar refractivity (Wildman–Crippen MR) is 154 cm³/mol. The van der Waals surface area contributed by atoms with E-state index in [0.717, 1.165) is 50.0 Å². The van der Waals surface area contributed by atoms with E-state index in [9.17, 15) is 35.2 Å². The number of piperidine rings is 1. The van der Waals surface area contributed by atoms with Crippen LogP contribution in [0.3, 0.4) is 0 Å². The summed E-state index contributed by atoms with van der Waals surface area (Å²) in [5.41, 5.74) is 2.26. The van der Waals surface area contributed by atoms with Crippen LogP contribution in [0.2, 0.25) is 0 Å². The number of aryl methyl sites for hydroxylation is 1. The van der Waals surface area contributed by atoms with Gasteiger partial charge in [0, 0.05) is 37.7 Å². The standard InChI is InChI=1S/C31H40F5N3O3S/c1-29(2,3)20-37-19-21-10-15-26-22(17-21)7-6-9-27(26)38-28(40)18-24-8-4-5-16-39(24)43(41,42)25-13-11-23(12-14-25)30(32,33)31(34,35)36/h10-15,17,24,27,37H,4-9,16,18-20H2,1-3H3,(H,38,40)/t24-,27+/m0/s1. The van der Waals surface area contributed by atoms with Gasteiger partial charge in [-0.25, -0.2) is 8.42 Å². The molecule has 1 heterocycles. The summed E-state index contributed by atoms with van der Waals surface area (Å²) in [6.45, 7) is 8.27. The van der Waals surface area contributed by atoms with E-state index in [0.29, 0.717) is 31.4 Å². The third-order valence-corrected chi connectivity index (χ3v) is 9.98. The number of halogens is 5. The maximum Gasteiger partial charge on any atom is 0.458 e. The summed E-state index contributed by atoms with van der Waals surface area (Å²) < 4.78 is 93.7. The van der Waals surface area contributed by atoms with Crippen LogP contribution >= 0.6 is 0 Å². The molecule has 238 valence electrons. The number of benzene rings is 2. The molecule has 4 rings (SSSR count). The fourth-order valence-corrected chi connectivity index (χ4v) is 7.50. The molecular formula is C31H40F5N3O3S. The Morgan fingerprint density at radius 3 is 2.30 bits per heavy atom. The molecule has 1 aliphatic heterocycles. The van der Waals surface area contributed by atoms with Crippen LogP contribution in [-0.2, 0) is 33.7 Å². The van der Waals surface area contributed by atoms with E-state index in [1.54, 1.807) is 0 Å². The lowest BCUT2D eigenvalue weighted by Gasteiger charge is -2.35. The molecule has 2 aromatic rings. The summed E-state index contributed by atoms with van der Waals surface area (Å²) >= 11 is 0. The summed E-state index contributed by atoms with van der Waals surface area (Å²) in [6.07, 6.45) is -1.61. The Bertz CT molecular complexity index is 1390. The molecule has 1 saturated heterocycles. The minimum absolute atomic E-state index is 0.0793. The highest BCUT2D eigenvalue weighted by molar-refractivity contribution is 7.89. The first-order valence-electron chi connectivity index (χ1n) is 14.7. The van der Waals surface area contributed by atoms with Gasteiger partial charge >= 0.3 is 12.1 Å². The van der Waals surface area contributed by atoms with Crippen molar-refractivity contribution in [1.29, 1.82) is 0 Å². The molecular weight excluding hydrogens is 589 g/mol. The van der Waals surface area contributed by atoms with Gasteiger partial charge in [-0.1, -0.05) is 57.5 Å². The molecule has 0 bridgehead atoms. The Morgan fingerprint density at radius 1 is 0.953 bits per heavy atom. The Labute approximate surface area is 250 Å². The monoisotopic (exact) mass is 629 g/mol. The minimum Gasteiger partial charge on any atom is -0.349 e.